The number of anilines is 2. The minimum Gasteiger partial charge on any atom is -0.381 e. The zero-order valence-corrected chi connectivity index (χ0v) is 11.6. The van der Waals surface area contributed by atoms with Gasteiger partial charge in [-0.1, -0.05) is 18.2 Å². The van der Waals surface area contributed by atoms with Crippen molar-refractivity contribution in [2.24, 2.45) is 0 Å². The van der Waals surface area contributed by atoms with Crippen molar-refractivity contribution in [3.05, 3.63) is 59.2 Å². The number of nitrogens with one attached hydrogen (secondary N) is 1. The largest absolute Gasteiger partial charge is 0.381 e. The molecule has 0 saturated carbocycles. The average Bonchev–Trinajstić information content (AvgIpc) is 2.86. The van der Waals surface area contributed by atoms with E-state index in [2.05, 4.69) is 41.5 Å². The standard InChI is InChI=1S/C17H17N3/c1-20-8-7-15-9-14(5-6-17(15)20)12-19-16-4-2-3-13(10-16)11-18/h2-6,9-10,19H,7-8,12H2,1H3. The van der Waals surface area contributed by atoms with Crippen molar-refractivity contribution in [3.8, 4) is 6.07 Å². The number of rotatable bonds is 3. The van der Waals surface area contributed by atoms with Crippen LogP contribution in [0.25, 0.3) is 0 Å². The molecule has 0 fully saturated rings. The van der Waals surface area contributed by atoms with E-state index in [0.29, 0.717) is 5.56 Å². The van der Waals surface area contributed by atoms with E-state index in [9.17, 15) is 0 Å². The fraction of sp³-hybridized carbons (Fsp3) is 0.235. The lowest BCUT2D eigenvalue weighted by Crippen LogP contribution is -2.12. The van der Waals surface area contributed by atoms with Gasteiger partial charge in [0.2, 0.25) is 0 Å². The highest BCUT2D eigenvalue weighted by Crippen LogP contribution is 2.27. The first-order valence-electron chi connectivity index (χ1n) is 6.83. The molecule has 20 heavy (non-hydrogen) atoms. The lowest BCUT2D eigenvalue weighted by Gasteiger charge is -2.12. The quantitative estimate of drug-likeness (QED) is 0.924. The molecule has 0 amide bonds. The molecular weight excluding hydrogens is 246 g/mol. The Hall–Kier alpha value is -2.47. The molecule has 0 atom stereocenters. The maximum Gasteiger partial charge on any atom is 0.0992 e. The smallest absolute Gasteiger partial charge is 0.0992 e. The van der Waals surface area contributed by atoms with Crippen LogP contribution in [-0.4, -0.2) is 13.6 Å². The zero-order chi connectivity index (χ0) is 13.9. The third-order valence-corrected chi connectivity index (χ3v) is 3.76. The Labute approximate surface area is 119 Å². The second kappa shape index (κ2) is 5.26. The van der Waals surface area contributed by atoms with Gasteiger partial charge in [-0.2, -0.15) is 5.26 Å². The van der Waals surface area contributed by atoms with Crippen LogP contribution in [0.2, 0.25) is 0 Å². The van der Waals surface area contributed by atoms with Crippen LogP contribution in [-0.2, 0) is 13.0 Å². The van der Waals surface area contributed by atoms with Gasteiger partial charge in [-0.05, 0) is 41.8 Å². The van der Waals surface area contributed by atoms with Crippen molar-refractivity contribution < 1.29 is 0 Å². The number of fused-ring (bicyclic) bond motifs is 1. The summed E-state index contributed by atoms with van der Waals surface area (Å²) in [5, 5.41) is 12.3. The van der Waals surface area contributed by atoms with Crippen LogP contribution in [0.4, 0.5) is 11.4 Å². The van der Waals surface area contributed by atoms with E-state index in [4.69, 9.17) is 5.26 Å². The Morgan fingerprint density at radius 2 is 2.15 bits per heavy atom. The van der Waals surface area contributed by atoms with E-state index in [0.717, 1.165) is 25.2 Å². The van der Waals surface area contributed by atoms with Crippen molar-refractivity contribution in [3.63, 3.8) is 0 Å². The van der Waals surface area contributed by atoms with Gasteiger partial charge < -0.3 is 10.2 Å². The van der Waals surface area contributed by atoms with Crippen LogP contribution in [0.15, 0.2) is 42.5 Å². The Morgan fingerprint density at radius 1 is 1.25 bits per heavy atom. The first kappa shape index (κ1) is 12.6. The third kappa shape index (κ3) is 2.46. The fourth-order valence-corrected chi connectivity index (χ4v) is 2.63. The van der Waals surface area contributed by atoms with Gasteiger partial charge in [0, 0.05) is 31.5 Å². The minimum absolute atomic E-state index is 0.686. The molecule has 3 nitrogen and oxygen atoms in total. The Morgan fingerprint density at radius 3 is 3.00 bits per heavy atom. The summed E-state index contributed by atoms with van der Waals surface area (Å²) in [6.07, 6.45) is 1.13. The second-order valence-electron chi connectivity index (χ2n) is 5.18. The molecule has 1 aliphatic rings. The van der Waals surface area contributed by atoms with E-state index >= 15 is 0 Å². The predicted molar refractivity (Wildman–Crippen MR) is 81.9 cm³/mol. The number of nitriles is 1. The summed E-state index contributed by atoms with van der Waals surface area (Å²) >= 11 is 0. The molecule has 0 aromatic heterocycles. The van der Waals surface area contributed by atoms with Crippen LogP contribution < -0.4 is 10.2 Å². The van der Waals surface area contributed by atoms with Crippen molar-refractivity contribution in [1.82, 2.24) is 0 Å². The number of nitrogens with zero attached hydrogens (tertiary/aromatic N) is 2. The van der Waals surface area contributed by atoms with Gasteiger partial charge in [-0.25, -0.2) is 0 Å². The highest BCUT2D eigenvalue weighted by Gasteiger charge is 2.15. The number of hydrogen-bond acceptors (Lipinski definition) is 3. The molecule has 0 bridgehead atoms. The van der Waals surface area contributed by atoms with E-state index in [1.807, 2.05) is 24.3 Å². The summed E-state index contributed by atoms with van der Waals surface area (Å²) in [6.45, 7) is 1.89. The van der Waals surface area contributed by atoms with Gasteiger partial charge in [0.25, 0.3) is 0 Å². The summed E-state index contributed by atoms with van der Waals surface area (Å²) in [5.41, 5.74) is 5.73. The maximum atomic E-state index is 8.90. The van der Waals surface area contributed by atoms with Crippen LogP contribution in [0.5, 0.6) is 0 Å². The molecule has 1 aliphatic heterocycles. The van der Waals surface area contributed by atoms with E-state index in [1.165, 1.54) is 16.8 Å². The lowest BCUT2D eigenvalue weighted by atomic mass is 10.1. The molecule has 0 unspecified atom stereocenters. The fourth-order valence-electron chi connectivity index (χ4n) is 2.63. The number of hydrogen-bond donors (Lipinski definition) is 1. The molecule has 2 aromatic rings. The summed E-state index contributed by atoms with van der Waals surface area (Å²) < 4.78 is 0. The van der Waals surface area contributed by atoms with Gasteiger partial charge in [0.15, 0.2) is 0 Å². The van der Waals surface area contributed by atoms with Crippen LogP contribution in [0.1, 0.15) is 16.7 Å². The first-order valence-corrected chi connectivity index (χ1v) is 6.83. The zero-order valence-electron chi connectivity index (χ0n) is 11.6. The molecule has 2 aromatic carbocycles. The van der Waals surface area contributed by atoms with E-state index in [-0.39, 0.29) is 0 Å². The predicted octanol–water partition coefficient (Wildman–Crippen LogP) is 3.16. The SMILES string of the molecule is CN1CCc2cc(CNc3cccc(C#N)c3)ccc21. The summed E-state index contributed by atoms with van der Waals surface area (Å²) in [4.78, 5) is 2.29. The van der Waals surface area contributed by atoms with Gasteiger partial charge >= 0.3 is 0 Å². The third-order valence-electron chi connectivity index (χ3n) is 3.76. The summed E-state index contributed by atoms with van der Waals surface area (Å²) in [6, 6.07) is 16.4. The molecule has 0 aliphatic carbocycles. The number of benzene rings is 2. The Bertz CT molecular complexity index is 670. The van der Waals surface area contributed by atoms with E-state index < -0.39 is 0 Å². The highest BCUT2D eigenvalue weighted by atomic mass is 15.1. The maximum absolute atomic E-state index is 8.90. The molecule has 1 N–H and O–H groups in total. The minimum atomic E-state index is 0.686. The molecule has 0 spiro atoms. The molecule has 0 radical (unpaired) electrons. The van der Waals surface area contributed by atoms with Crippen molar-refractivity contribution in [2.45, 2.75) is 13.0 Å². The lowest BCUT2D eigenvalue weighted by molar-refractivity contribution is 0.955. The van der Waals surface area contributed by atoms with Crippen molar-refractivity contribution >= 4 is 11.4 Å². The van der Waals surface area contributed by atoms with Crippen LogP contribution >= 0.6 is 0 Å². The van der Waals surface area contributed by atoms with E-state index in [1.54, 1.807) is 0 Å². The molecule has 0 saturated heterocycles. The molecule has 3 heteroatoms. The average molecular weight is 263 g/mol. The topological polar surface area (TPSA) is 39.1 Å². The number of likely N-dealkylation sites (N-methyl/N-ethyl adjacent to an activating group) is 1. The van der Waals surface area contributed by atoms with Crippen LogP contribution in [0, 0.1) is 11.3 Å². The Kier molecular flexibility index (Phi) is 3.30. The highest BCUT2D eigenvalue weighted by molar-refractivity contribution is 5.59. The monoisotopic (exact) mass is 263 g/mol. The normalized spacial score (nSPS) is 12.9. The molecule has 100 valence electrons. The van der Waals surface area contributed by atoms with Gasteiger partial charge in [-0.3, -0.25) is 0 Å². The van der Waals surface area contributed by atoms with Gasteiger partial charge in [-0.15, -0.1) is 0 Å². The van der Waals surface area contributed by atoms with Crippen molar-refractivity contribution in [2.75, 3.05) is 23.8 Å². The molecule has 3 rings (SSSR count). The Balaban J connectivity index is 1.71. The van der Waals surface area contributed by atoms with Crippen LogP contribution in [0.3, 0.4) is 0 Å². The molecular formula is C17H17N3. The van der Waals surface area contributed by atoms with Gasteiger partial charge in [0.1, 0.15) is 0 Å². The van der Waals surface area contributed by atoms with Gasteiger partial charge in [0.05, 0.1) is 11.6 Å². The first-order chi connectivity index (χ1) is 9.76. The van der Waals surface area contributed by atoms with Crippen molar-refractivity contribution in [1.29, 1.82) is 5.26 Å². The summed E-state index contributed by atoms with van der Waals surface area (Å²) in [5.74, 6) is 0. The molecule has 1 heterocycles. The second-order valence-corrected chi connectivity index (χ2v) is 5.18. The summed E-state index contributed by atoms with van der Waals surface area (Å²) in [7, 11) is 2.14.